The van der Waals surface area contributed by atoms with Crippen molar-refractivity contribution in [2.75, 3.05) is 25.0 Å². The van der Waals surface area contributed by atoms with Gasteiger partial charge in [0.25, 0.3) is 0 Å². The Morgan fingerprint density at radius 3 is 2.47 bits per heavy atom. The Morgan fingerprint density at radius 1 is 1.26 bits per heavy atom. The summed E-state index contributed by atoms with van der Waals surface area (Å²) >= 11 is 0. The second kappa shape index (κ2) is 7.02. The number of benzene rings is 1. The summed E-state index contributed by atoms with van der Waals surface area (Å²) in [6.45, 7) is 7.91. The van der Waals surface area contributed by atoms with Crippen molar-refractivity contribution in [1.29, 1.82) is 0 Å². The molecule has 4 nitrogen and oxygen atoms in total. The maximum absolute atomic E-state index is 5.81. The van der Waals surface area contributed by atoms with E-state index in [0.717, 1.165) is 19.5 Å². The molecular formula is C15H26N4. The first kappa shape index (κ1) is 15.3. The Kier molecular flexibility index (Phi) is 5.67. The average Bonchev–Trinajstić information content (AvgIpc) is 2.33. The van der Waals surface area contributed by atoms with Crippen LogP contribution < -0.4 is 16.0 Å². The van der Waals surface area contributed by atoms with Gasteiger partial charge in [0, 0.05) is 31.4 Å². The first-order chi connectivity index (χ1) is 8.88. The van der Waals surface area contributed by atoms with E-state index in [1.165, 1.54) is 5.69 Å². The molecule has 0 spiro atoms. The van der Waals surface area contributed by atoms with Crippen molar-refractivity contribution in [3.63, 3.8) is 0 Å². The molecule has 1 rings (SSSR count). The highest BCUT2D eigenvalue weighted by Gasteiger charge is 2.09. The molecule has 0 bridgehead atoms. The molecule has 0 aliphatic heterocycles. The van der Waals surface area contributed by atoms with Crippen molar-refractivity contribution in [2.45, 2.75) is 32.7 Å². The van der Waals surface area contributed by atoms with Crippen molar-refractivity contribution >= 4 is 11.6 Å². The van der Waals surface area contributed by atoms with Gasteiger partial charge in [-0.25, -0.2) is 0 Å². The van der Waals surface area contributed by atoms with E-state index in [0.29, 0.717) is 5.96 Å². The van der Waals surface area contributed by atoms with Crippen LogP contribution in [0, 0.1) is 0 Å². The van der Waals surface area contributed by atoms with Crippen LogP contribution >= 0.6 is 0 Å². The predicted octanol–water partition coefficient (Wildman–Crippen LogP) is 2.22. The van der Waals surface area contributed by atoms with Gasteiger partial charge >= 0.3 is 0 Å². The van der Waals surface area contributed by atoms with Crippen LogP contribution in [0.3, 0.4) is 0 Å². The van der Waals surface area contributed by atoms with Crippen LogP contribution in [0.2, 0.25) is 0 Å². The van der Waals surface area contributed by atoms with Gasteiger partial charge in [0.1, 0.15) is 0 Å². The lowest BCUT2D eigenvalue weighted by molar-refractivity contribution is 0.508. The van der Waals surface area contributed by atoms with Gasteiger partial charge in [0.15, 0.2) is 5.96 Å². The largest absolute Gasteiger partial charge is 0.375 e. The number of hydrogen-bond acceptors (Lipinski definition) is 2. The summed E-state index contributed by atoms with van der Waals surface area (Å²) < 4.78 is 0. The Bertz CT molecular complexity index is 392. The van der Waals surface area contributed by atoms with Crippen LogP contribution in [0.15, 0.2) is 35.3 Å². The summed E-state index contributed by atoms with van der Waals surface area (Å²) in [6, 6.07) is 10.3. The number of rotatable bonds is 5. The van der Waals surface area contributed by atoms with Gasteiger partial charge in [0.05, 0.1) is 0 Å². The lowest BCUT2D eigenvalue weighted by Crippen LogP contribution is -2.45. The lowest BCUT2D eigenvalue weighted by atomic mass is 10.1. The molecule has 4 heteroatoms. The highest BCUT2D eigenvalue weighted by molar-refractivity contribution is 5.78. The minimum absolute atomic E-state index is 0.0333. The third kappa shape index (κ3) is 6.70. The molecule has 0 radical (unpaired) electrons. The van der Waals surface area contributed by atoms with Crippen molar-refractivity contribution in [2.24, 2.45) is 10.7 Å². The van der Waals surface area contributed by atoms with Crippen LogP contribution in [0.5, 0.6) is 0 Å². The van der Waals surface area contributed by atoms with Gasteiger partial charge in [-0.2, -0.15) is 0 Å². The highest BCUT2D eigenvalue weighted by atomic mass is 15.1. The fraction of sp³-hybridized carbons (Fsp3) is 0.533. The SMILES string of the molecule is CN(CCCN=C(N)NC(C)(C)C)c1ccccc1. The first-order valence-corrected chi connectivity index (χ1v) is 6.73. The molecule has 0 fully saturated rings. The number of anilines is 1. The highest BCUT2D eigenvalue weighted by Crippen LogP contribution is 2.10. The average molecular weight is 262 g/mol. The van der Waals surface area contributed by atoms with Crippen molar-refractivity contribution < 1.29 is 0 Å². The molecule has 0 heterocycles. The zero-order chi connectivity index (χ0) is 14.3. The predicted molar refractivity (Wildman–Crippen MR) is 83.7 cm³/mol. The summed E-state index contributed by atoms with van der Waals surface area (Å²) in [4.78, 5) is 6.56. The fourth-order valence-electron chi connectivity index (χ4n) is 1.74. The molecule has 0 atom stereocenters. The van der Waals surface area contributed by atoms with Crippen LogP contribution in [0.4, 0.5) is 5.69 Å². The molecule has 0 saturated carbocycles. The number of aliphatic imine (C=N–C) groups is 1. The normalized spacial score (nSPS) is 12.3. The monoisotopic (exact) mass is 262 g/mol. The molecule has 0 unspecified atom stereocenters. The van der Waals surface area contributed by atoms with Crippen molar-refractivity contribution in [1.82, 2.24) is 5.32 Å². The molecular weight excluding hydrogens is 236 g/mol. The molecule has 106 valence electrons. The smallest absolute Gasteiger partial charge is 0.188 e. The summed E-state index contributed by atoms with van der Waals surface area (Å²) in [5.74, 6) is 0.523. The zero-order valence-electron chi connectivity index (χ0n) is 12.5. The fourth-order valence-corrected chi connectivity index (χ4v) is 1.74. The van der Waals surface area contributed by atoms with Crippen LogP contribution in [-0.4, -0.2) is 31.6 Å². The van der Waals surface area contributed by atoms with Crippen molar-refractivity contribution in [3.8, 4) is 0 Å². The number of para-hydroxylation sites is 1. The van der Waals surface area contributed by atoms with E-state index < -0.39 is 0 Å². The van der Waals surface area contributed by atoms with E-state index in [2.05, 4.69) is 67.3 Å². The van der Waals surface area contributed by atoms with Crippen molar-refractivity contribution in [3.05, 3.63) is 30.3 Å². The van der Waals surface area contributed by atoms with E-state index in [-0.39, 0.29) is 5.54 Å². The van der Waals surface area contributed by atoms with Gasteiger partial charge in [-0.3, -0.25) is 4.99 Å². The van der Waals surface area contributed by atoms with Crippen LogP contribution in [0.1, 0.15) is 27.2 Å². The molecule has 0 aliphatic rings. The minimum Gasteiger partial charge on any atom is -0.375 e. The van der Waals surface area contributed by atoms with E-state index in [1.54, 1.807) is 0 Å². The Balaban J connectivity index is 2.29. The van der Waals surface area contributed by atoms with Crippen LogP contribution in [-0.2, 0) is 0 Å². The summed E-state index contributed by atoms with van der Waals surface area (Å²) in [5, 5.41) is 3.15. The molecule has 19 heavy (non-hydrogen) atoms. The van der Waals surface area contributed by atoms with Gasteiger partial charge < -0.3 is 16.0 Å². The molecule has 1 aromatic carbocycles. The molecule has 3 N–H and O–H groups in total. The summed E-state index contributed by atoms with van der Waals surface area (Å²) in [5.41, 5.74) is 7.01. The molecule has 0 aromatic heterocycles. The van der Waals surface area contributed by atoms with Gasteiger partial charge in [-0.15, -0.1) is 0 Å². The summed E-state index contributed by atoms with van der Waals surface area (Å²) in [7, 11) is 2.09. The van der Waals surface area contributed by atoms with E-state index >= 15 is 0 Å². The number of nitrogens with one attached hydrogen (secondary N) is 1. The Labute approximate surface area is 116 Å². The quantitative estimate of drug-likeness (QED) is 0.486. The number of nitrogens with zero attached hydrogens (tertiary/aromatic N) is 2. The molecule has 0 amide bonds. The van der Waals surface area contributed by atoms with E-state index in [1.807, 2.05) is 6.07 Å². The van der Waals surface area contributed by atoms with Crippen LogP contribution in [0.25, 0.3) is 0 Å². The zero-order valence-corrected chi connectivity index (χ0v) is 12.5. The molecule has 0 saturated heterocycles. The van der Waals surface area contributed by atoms with E-state index in [9.17, 15) is 0 Å². The van der Waals surface area contributed by atoms with Gasteiger partial charge in [-0.1, -0.05) is 18.2 Å². The maximum atomic E-state index is 5.81. The molecule has 1 aromatic rings. The summed E-state index contributed by atoms with van der Waals surface area (Å²) in [6.07, 6.45) is 0.984. The third-order valence-corrected chi connectivity index (χ3v) is 2.63. The first-order valence-electron chi connectivity index (χ1n) is 6.73. The number of hydrogen-bond donors (Lipinski definition) is 2. The number of nitrogens with two attached hydrogens (primary N) is 1. The Hall–Kier alpha value is -1.71. The van der Waals surface area contributed by atoms with Gasteiger partial charge in [-0.05, 0) is 39.3 Å². The molecule has 0 aliphatic carbocycles. The topological polar surface area (TPSA) is 53.6 Å². The standard InChI is InChI=1S/C15H26N4/c1-15(2,3)18-14(16)17-11-8-12-19(4)13-9-6-5-7-10-13/h5-7,9-10H,8,11-12H2,1-4H3,(H3,16,17,18). The lowest BCUT2D eigenvalue weighted by Gasteiger charge is -2.21. The Morgan fingerprint density at radius 2 is 1.89 bits per heavy atom. The minimum atomic E-state index is -0.0333. The van der Waals surface area contributed by atoms with E-state index in [4.69, 9.17) is 5.73 Å². The maximum Gasteiger partial charge on any atom is 0.188 e. The second-order valence-corrected chi connectivity index (χ2v) is 5.75. The van der Waals surface area contributed by atoms with Gasteiger partial charge in [0.2, 0.25) is 0 Å². The number of guanidine groups is 1. The second-order valence-electron chi connectivity index (χ2n) is 5.75. The third-order valence-electron chi connectivity index (χ3n) is 2.63.